The number of halogens is 4. The highest BCUT2D eigenvalue weighted by Crippen LogP contribution is 2.39. The van der Waals surface area contributed by atoms with Gasteiger partial charge in [0.05, 0.1) is 28.5 Å². The second-order valence-electron chi connectivity index (χ2n) is 6.20. The maximum absolute atomic E-state index is 13.1. The summed E-state index contributed by atoms with van der Waals surface area (Å²) in [5, 5.41) is 9.63. The molecule has 0 saturated carbocycles. The Labute approximate surface area is 169 Å². The second-order valence-corrected chi connectivity index (χ2v) is 6.61. The van der Waals surface area contributed by atoms with Crippen LogP contribution in [-0.2, 0) is 15.8 Å². The molecule has 5 nitrogen and oxygen atoms in total. The molecule has 0 atom stereocenters. The Morgan fingerprint density at radius 3 is 2.31 bits per heavy atom. The number of alkyl halides is 3. The van der Waals surface area contributed by atoms with Gasteiger partial charge >= 0.3 is 12.1 Å². The van der Waals surface area contributed by atoms with E-state index in [-0.39, 0.29) is 16.8 Å². The zero-order chi connectivity index (χ0) is 21.3. The standard InChI is InChI=1S/C20H15ClF3NO4/c1-2-9-29-13-6-3-11(4-7-13)16-17(26)19(28)25(18(16)27)12-5-8-15(21)14(10-12)20(22,23)24/h3-8,10,26H,2,9H2,1H3. The van der Waals surface area contributed by atoms with Gasteiger partial charge < -0.3 is 9.84 Å². The van der Waals surface area contributed by atoms with Gasteiger partial charge in [-0.3, -0.25) is 9.59 Å². The van der Waals surface area contributed by atoms with Crippen LogP contribution in [0.1, 0.15) is 24.5 Å². The van der Waals surface area contributed by atoms with Crippen LogP contribution in [0.4, 0.5) is 18.9 Å². The van der Waals surface area contributed by atoms with Crippen molar-refractivity contribution in [3.05, 3.63) is 64.4 Å². The summed E-state index contributed by atoms with van der Waals surface area (Å²) in [7, 11) is 0. The number of benzene rings is 2. The maximum atomic E-state index is 13.1. The highest BCUT2D eigenvalue weighted by molar-refractivity contribution is 6.45. The maximum Gasteiger partial charge on any atom is 0.417 e. The van der Waals surface area contributed by atoms with Gasteiger partial charge in [0.1, 0.15) is 5.75 Å². The molecule has 0 bridgehead atoms. The number of aliphatic hydroxyl groups excluding tert-OH is 1. The van der Waals surface area contributed by atoms with Crippen LogP contribution in [0.2, 0.25) is 5.02 Å². The lowest BCUT2D eigenvalue weighted by atomic mass is 10.1. The minimum atomic E-state index is -4.77. The molecular formula is C20H15ClF3NO4. The molecule has 0 radical (unpaired) electrons. The number of hydrogen-bond donors (Lipinski definition) is 1. The first-order chi connectivity index (χ1) is 13.6. The lowest BCUT2D eigenvalue weighted by Crippen LogP contribution is -2.31. The van der Waals surface area contributed by atoms with E-state index in [9.17, 15) is 27.9 Å². The molecule has 0 spiro atoms. The summed E-state index contributed by atoms with van der Waals surface area (Å²) in [5.74, 6) is -2.37. The highest BCUT2D eigenvalue weighted by Gasteiger charge is 2.41. The third-order valence-corrected chi connectivity index (χ3v) is 4.52. The molecule has 3 rings (SSSR count). The predicted molar refractivity (Wildman–Crippen MR) is 101 cm³/mol. The quantitative estimate of drug-likeness (QED) is 0.685. The summed E-state index contributed by atoms with van der Waals surface area (Å²) in [5.41, 5.74) is -1.61. The molecule has 1 aliphatic heterocycles. The molecule has 1 heterocycles. The van der Waals surface area contributed by atoms with Gasteiger partial charge in [0.25, 0.3) is 5.91 Å². The molecular weight excluding hydrogens is 411 g/mol. The fraction of sp³-hybridized carbons (Fsp3) is 0.200. The summed E-state index contributed by atoms with van der Waals surface area (Å²) in [6, 6.07) is 8.73. The van der Waals surface area contributed by atoms with Gasteiger partial charge in [-0.1, -0.05) is 30.7 Å². The number of hydrogen-bond acceptors (Lipinski definition) is 4. The minimum Gasteiger partial charge on any atom is -0.502 e. The fourth-order valence-corrected chi connectivity index (χ4v) is 3.04. The van der Waals surface area contributed by atoms with Crippen LogP contribution >= 0.6 is 11.6 Å². The molecule has 1 aliphatic rings. The first-order valence-corrected chi connectivity index (χ1v) is 8.95. The number of amides is 2. The van der Waals surface area contributed by atoms with Crippen molar-refractivity contribution in [2.24, 2.45) is 0 Å². The third-order valence-electron chi connectivity index (χ3n) is 4.19. The van der Waals surface area contributed by atoms with E-state index < -0.39 is 34.3 Å². The van der Waals surface area contributed by atoms with E-state index in [4.69, 9.17) is 16.3 Å². The molecule has 9 heteroatoms. The van der Waals surface area contributed by atoms with E-state index in [2.05, 4.69) is 0 Å². The molecule has 0 aliphatic carbocycles. The van der Waals surface area contributed by atoms with Crippen molar-refractivity contribution >= 4 is 34.7 Å². The topological polar surface area (TPSA) is 66.8 Å². The van der Waals surface area contributed by atoms with Crippen LogP contribution in [0.3, 0.4) is 0 Å². The average molecular weight is 426 g/mol. The molecule has 2 aromatic rings. The van der Waals surface area contributed by atoms with Crippen molar-refractivity contribution in [2.45, 2.75) is 19.5 Å². The monoisotopic (exact) mass is 425 g/mol. The summed E-state index contributed by atoms with van der Waals surface area (Å²) < 4.78 is 44.8. The van der Waals surface area contributed by atoms with E-state index in [1.165, 1.54) is 12.1 Å². The Bertz CT molecular complexity index is 1000. The molecule has 152 valence electrons. The molecule has 0 aromatic heterocycles. The van der Waals surface area contributed by atoms with Crippen LogP contribution in [0.5, 0.6) is 5.75 Å². The number of aliphatic hydroxyl groups is 1. The Kier molecular flexibility index (Phi) is 5.57. The smallest absolute Gasteiger partial charge is 0.417 e. The minimum absolute atomic E-state index is 0.234. The second kappa shape index (κ2) is 7.79. The molecule has 0 saturated heterocycles. The number of rotatable bonds is 5. The predicted octanol–water partition coefficient (Wildman–Crippen LogP) is 4.99. The first-order valence-electron chi connectivity index (χ1n) is 8.57. The van der Waals surface area contributed by atoms with Crippen LogP contribution in [-0.4, -0.2) is 23.5 Å². The van der Waals surface area contributed by atoms with Gasteiger partial charge in [-0.2, -0.15) is 13.2 Å². The zero-order valence-electron chi connectivity index (χ0n) is 15.1. The number of ether oxygens (including phenoxy) is 1. The first kappa shape index (κ1) is 20.7. The fourth-order valence-electron chi connectivity index (χ4n) is 2.82. The lowest BCUT2D eigenvalue weighted by Gasteiger charge is -2.17. The Morgan fingerprint density at radius 2 is 1.72 bits per heavy atom. The van der Waals surface area contributed by atoms with Crippen molar-refractivity contribution < 1.29 is 32.6 Å². The molecule has 0 unspecified atom stereocenters. The van der Waals surface area contributed by atoms with Gasteiger partial charge in [-0.15, -0.1) is 0 Å². The lowest BCUT2D eigenvalue weighted by molar-refractivity contribution is -0.137. The van der Waals surface area contributed by atoms with Gasteiger partial charge in [0.15, 0.2) is 5.76 Å². The van der Waals surface area contributed by atoms with E-state index in [1.54, 1.807) is 12.1 Å². The summed E-state index contributed by atoms with van der Waals surface area (Å²) >= 11 is 5.58. The summed E-state index contributed by atoms with van der Waals surface area (Å²) in [6.45, 7) is 2.44. The number of imide groups is 1. The van der Waals surface area contributed by atoms with Crippen molar-refractivity contribution in [1.29, 1.82) is 0 Å². The van der Waals surface area contributed by atoms with Crippen LogP contribution in [0.25, 0.3) is 5.57 Å². The van der Waals surface area contributed by atoms with Crippen molar-refractivity contribution in [2.75, 3.05) is 11.5 Å². The molecule has 1 N–H and O–H groups in total. The molecule has 2 aromatic carbocycles. The zero-order valence-corrected chi connectivity index (χ0v) is 15.8. The summed E-state index contributed by atoms with van der Waals surface area (Å²) in [6.07, 6.45) is -3.97. The van der Waals surface area contributed by atoms with Gasteiger partial charge in [0, 0.05) is 0 Å². The van der Waals surface area contributed by atoms with Crippen molar-refractivity contribution in [3.8, 4) is 5.75 Å². The molecule has 0 fully saturated rings. The Balaban J connectivity index is 1.95. The largest absolute Gasteiger partial charge is 0.502 e. The van der Waals surface area contributed by atoms with E-state index >= 15 is 0 Å². The van der Waals surface area contributed by atoms with Crippen LogP contribution in [0.15, 0.2) is 48.2 Å². The van der Waals surface area contributed by atoms with Gasteiger partial charge in [-0.25, -0.2) is 4.90 Å². The Hall–Kier alpha value is -3.00. The molecule has 2 amide bonds. The normalized spacial score (nSPS) is 14.7. The van der Waals surface area contributed by atoms with Gasteiger partial charge in [-0.05, 0) is 42.3 Å². The molecule has 29 heavy (non-hydrogen) atoms. The van der Waals surface area contributed by atoms with E-state index in [0.29, 0.717) is 23.3 Å². The van der Waals surface area contributed by atoms with E-state index in [0.717, 1.165) is 18.6 Å². The van der Waals surface area contributed by atoms with Gasteiger partial charge in [0.2, 0.25) is 0 Å². The van der Waals surface area contributed by atoms with Crippen molar-refractivity contribution in [1.82, 2.24) is 0 Å². The highest BCUT2D eigenvalue weighted by atomic mass is 35.5. The SMILES string of the molecule is CCCOc1ccc(C2=C(O)C(=O)N(c3ccc(Cl)c(C(F)(F)F)c3)C2=O)cc1. The van der Waals surface area contributed by atoms with E-state index in [1.807, 2.05) is 6.92 Å². The number of carbonyl (C=O) groups excluding carboxylic acids is 2. The number of nitrogens with zero attached hydrogens (tertiary/aromatic N) is 1. The van der Waals surface area contributed by atoms with Crippen LogP contribution in [0, 0.1) is 0 Å². The van der Waals surface area contributed by atoms with Crippen LogP contribution < -0.4 is 9.64 Å². The third kappa shape index (κ3) is 3.93. The average Bonchev–Trinajstić information content (AvgIpc) is 2.89. The number of anilines is 1. The summed E-state index contributed by atoms with van der Waals surface area (Å²) in [4.78, 5) is 25.7. The van der Waals surface area contributed by atoms with Crippen molar-refractivity contribution in [3.63, 3.8) is 0 Å². The Morgan fingerprint density at radius 1 is 1.07 bits per heavy atom. The number of carbonyl (C=O) groups is 2.